The summed E-state index contributed by atoms with van der Waals surface area (Å²) in [5.41, 5.74) is 11.1. The highest BCUT2D eigenvalue weighted by molar-refractivity contribution is 7.80. The molecule has 1 aromatic heterocycles. The minimum Gasteiger partial charge on any atom is -0.319 e. The van der Waals surface area contributed by atoms with Gasteiger partial charge in [-0.15, -0.1) is 0 Å². The lowest BCUT2D eigenvalue weighted by Gasteiger charge is -2.28. The number of anilines is 3. The van der Waals surface area contributed by atoms with Crippen molar-refractivity contribution >= 4 is 28.2 Å². The molecule has 1 heterocycles. The Kier molecular flexibility index (Phi) is 4.55. The second-order valence-electron chi connectivity index (χ2n) is 4.63. The van der Waals surface area contributed by atoms with Crippen LogP contribution in [0, 0.1) is 0 Å². The third kappa shape index (κ3) is 3.81. The van der Waals surface area contributed by atoms with Gasteiger partial charge in [0.1, 0.15) is 0 Å². The molecule has 0 aliphatic carbocycles. The van der Waals surface area contributed by atoms with Gasteiger partial charge >= 0.3 is 28.2 Å². The predicted octanol–water partition coefficient (Wildman–Crippen LogP) is -1.22. The largest absolute Gasteiger partial charge is 0.472 e. The quantitative estimate of drug-likeness (QED) is 0.449. The van der Waals surface area contributed by atoms with Crippen molar-refractivity contribution in [2.24, 2.45) is 0 Å². The van der Waals surface area contributed by atoms with E-state index < -0.39 is 10.4 Å². The maximum atomic E-state index is 10.7. The van der Waals surface area contributed by atoms with Crippen LogP contribution in [0.5, 0.6) is 0 Å². The molecule has 0 aromatic carbocycles. The third-order valence-corrected chi connectivity index (χ3v) is 2.70. The van der Waals surface area contributed by atoms with Gasteiger partial charge in [-0.05, 0) is 32.4 Å². The van der Waals surface area contributed by atoms with Gasteiger partial charge in [0.05, 0.1) is 0 Å². The summed E-state index contributed by atoms with van der Waals surface area (Å²) in [6.07, 6.45) is 0. The number of hydrogen-bond acceptors (Lipinski definition) is 8. The van der Waals surface area contributed by atoms with Gasteiger partial charge in [0.2, 0.25) is 0 Å². The van der Waals surface area contributed by atoms with E-state index in [4.69, 9.17) is 16.0 Å². The van der Waals surface area contributed by atoms with Crippen LogP contribution in [0.4, 0.5) is 17.8 Å². The molecule has 0 saturated carbocycles. The molecule has 0 fully saturated rings. The lowest BCUT2D eigenvalue weighted by Crippen LogP contribution is -2.52. The summed E-state index contributed by atoms with van der Waals surface area (Å²) in [4.78, 5) is 9.71. The molecule has 0 bridgehead atoms. The number of nitrogen functional groups attached to an aromatic ring is 2. The van der Waals surface area contributed by atoms with E-state index in [1.165, 1.54) is 0 Å². The highest BCUT2D eigenvalue weighted by Crippen LogP contribution is 2.15. The lowest BCUT2D eigenvalue weighted by molar-refractivity contribution is -0.836. The zero-order chi connectivity index (χ0) is 15.7. The summed E-state index contributed by atoms with van der Waals surface area (Å²) in [7, 11) is -4.78. The Morgan fingerprint density at radius 3 is 1.85 bits per heavy atom. The number of nitrogens with two attached hydrogens (primary N) is 2. The zero-order valence-corrected chi connectivity index (χ0v) is 12.5. The van der Waals surface area contributed by atoms with Gasteiger partial charge in [-0.2, -0.15) is 8.42 Å². The third-order valence-electron chi connectivity index (χ3n) is 2.36. The summed E-state index contributed by atoms with van der Waals surface area (Å²) >= 11 is 0. The van der Waals surface area contributed by atoms with Crippen molar-refractivity contribution < 1.29 is 22.0 Å². The van der Waals surface area contributed by atoms with E-state index in [9.17, 15) is 8.42 Å². The first-order chi connectivity index (χ1) is 9.03. The van der Waals surface area contributed by atoms with E-state index in [1.807, 2.05) is 32.6 Å². The number of nitrogens with zero attached hydrogens (tertiary/aromatic N) is 4. The first-order valence-corrected chi connectivity index (χ1v) is 7.20. The van der Waals surface area contributed by atoms with Crippen molar-refractivity contribution in [1.29, 1.82) is 0 Å². The highest BCUT2D eigenvalue weighted by Gasteiger charge is 2.27. The molecule has 11 heteroatoms. The van der Waals surface area contributed by atoms with Crippen LogP contribution < -0.4 is 25.4 Å². The van der Waals surface area contributed by atoms with Crippen molar-refractivity contribution in [3.8, 4) is 0 Å². The normalized spacial score (nSPS) is 11.9. The van der Waals surface area contributed by atoms with Gasteiger partial charge in [0, 0.05) is 12.1 Å². The Hall–Kier alpha value is -1.88. The standard InChI is InChI=1S/C9H18N6O4S/c1-5(2)14(6(3)4)9-12-7(10)15(8(11)13-9)19-20(16,17)18/h5-6H,1-4H3,(H4,10,11,12,13,16,17,18)/p+1. The summed E-state index contributed by atoms with van der Waals surface area (Å²) < 4.78 is 34.6. The molecule has 0 spiro atoms. The fourth-order valence-corrected chi connectivity index (χ4v) is 2.12. The molecule has 0 aliphatic rings. The van der Waals surface area contributed by atoms with Crippen LogP contribution in [0.3, 0.4) is 0 Å². The summed E-state index contributed by atoms with van der Waals surface area (Å²) in [5.74, 6) is -0.465. The number of aromatic nitrogens is 3. The predicted molar refractivity (Wildman–Crippen MR) is 71.9 cm³/mol. The molecule has 0 saturated heterocycles. The van der Waals surface area contributed by atoms with Crippen LogP contribution in [0.25, 0.3) is 0 Å². The van der Waals surface area contributed by atoms with Crippen LogP contribution in [0.1, 0.15) is 27.7 Å². The Morgan fingerprint density at radius 1 is 1.15 bits per heavy atom. The first kappa shape index (κ1) is 16.2. The average Bonchev–Trinajstić information content (AvgIpc) is 2.21. The molecule has 20 heavy (non-hydrogen) atoms. The van der Waals surface area contributed by atoms with E-state index in [1.54, 1.807) is 0 Å². The van der Waals surface area contributed by atoms with E-state index in [-0.39, 0.29) is 29.9 Å². The number of hydrogen-bond donors (Lipinski definition) is 3. The Balaban J connectivity index is 3.29. The average molecular weight is 307 g/mol. The SMILES string of the molecule is CC(C)N(c1nc(N)[n+](OS(=O)(=O)O)c(N)n1)C(C)C. The molecule has 114 valence electrons. The van der Waals surface area contributed by atoms with Crippen molar-refractivity contribution in [2.75, 3.05) is 16.4 Å². The van der Waals surface area contributed by atoms with Crippen LogP contribution in [-0.2, 0) is 10.4 Å². The Labute approximate surface area is 117 Å². The van der Waals surface area contributed by atoms with Gasteiger partial charge in [-0.25, -0.2) is 4.28 Å². The van der Waals surface area contributed by atoms with E-state index in [2.05, 4.69) is 14.3 Å². The van der Waals surface area contributed by atoms with Gasteiger partial charge in [-0.1, -0.05) is 9.97 Å². The van der Waals surface area contributed by atoms with Gasteiger partial charge in [0.15, 0.2) is 0 Å². The van der Waals surface area contributed by atoms with Crippen LogP contribution in [0.2, 0.25) is 0 Å². The molecule has 0 atom stereocenters. The summed E-state index contributed by atoms with van der Waals surface area (Å²) in [5, 5.41) is 0. The minimum absolute atomic E-state index is 0.0761. The molecule has 1 rings (SSSR count). The fourth-order valence-electron chi connectivity index (χ4n) is 1.78. The van der Waals surface area contributed by atoms with Gasteiger partial charge < -0.3 is 16.4 Å². The van der Waals surface area contributed by atoms with E-state index >= 15 is 0 Å². The molecule has 0 radical (unpaired) electrons. The molecule has 5 N–H and O–H groups in total. The summed E-state index contributed by atoms with van der Waals surface area (Å²) in [6.45, 7) is 7.74. The number of rotatable bonds is 5. The Bertz CT molecular complexity index is 557. The van der Waals surface area contributed by atoms with Crippen molar-refractivity contribution in [1.82, 2.24) is 9.97 Å². The monoisotopic (exact) mass is 307 g/mol. The topological polar surface area (TPSA) is 149 Å². The second kappa shape index (κ2) is 5.63. The van der Waals surface area contributed by atoms with Crippen LogP contribution >= 0.6 is 0 Å². The molecule has 0 unspecified atom stereocenters. The second-order valence-corrected chi connectivity index (χ2v) is 5.64. The fraction of sp³-hybridized carbons (Fsp3) is 0.667. The van der Waals surface area contributed by atoms with Crippen molar-refractivity contribution in [3.63, 3.8) is 0 Å². The van der Waals surface area contributed by atoms with Crippen LogP contribution in [-0.4, -0.2) is 35.0 Å². The van der Waals surface area contributed by atoms with Crippen molar-refractivity contribution in [2.45, 2.75) is 39.8 Å². The van der Waals surface area contributed by atoms with Gasteiger partial charge in [-0.3, -0.25) is 4.55 Å². The van der Waals surface area contributed by atoms with Crippen LogP contribution in [0.15, 0.2) is 0 Å². The highest BCUT2D eigenvalue weighted by atomic mass is 32.3. The Morgan fingerprint density at radius 2 is 1.55 bits per heavy atom. The molecule has 0 aliphatic heterocycles. The zero-order valence-electron chi connectivity index (χ0n) is 11.7. The molecular weight excluding hydrogens is 288 g/mol. The van der Waals surface area contributed by atoms with E-state index in [0.717, 1.165) is 0 Å². The molecule has 1 aromatic rings. The molecule has 0 amide bonds. The smallest absolute Gasteiger partial charge is 0.319 e. The molecular formula is C9H19N6O4S+. The first-order valence-electron chi connectivity index (χ1n) is 5.83. The minimum atomic E-state index is -4.78. The lowest BCUT2D eigenvalue weighted by atomic mass is 10.2. The van der Waals surface area contributed by atoms with Gasteiger partial charge in [0.25, 0.3) is 0 Å². The maximum absolute atomic E-state index is 10.7. The van der Waals surface area contributed by atoms with Crippen molar-refractivity contribution in [3.05, 3.63) is 0 Å². The van der Waals surface area contributed by atoms with E-state index in [0.29, 0.717) is 4.73 Å². The summed E-state index contributed by atoms with van der Waals surface area (Å²) in [6, 6.07) is 0.152. The maximum Gasteiger partial charge on any atom is 0.472 e. The molecule has 10 nitrogen and oxygen atoms in total.